The van der Waals surface area contributed by atoms with Gasteiger partial charge in [-0.3, -0.25) is 10.1 Å². The van der Waals surface area contributed by atoms with Crippen LogP contribution in [-0.4, -0.2) is 12.0 Å². The number of nitrogens with one attached hydrogen (secondary N) is 1. The Hall–Kier alpha value is -2.82. The minimum Gasteiger partial charge on any atom is -0.496 e. The molecule has 4 rings (SSSR count). The number of anilines is 1. The molecule has 2 aliphatic rings. The molecular weight excluding hydrogens is 316 g/mol. The lowest BCUT2D eigenvalue weighted by molar-refractivity contribution is -0.385. The summed E-state index contributed by atoms with van der Waals surface area (Å²) in [5, 5.41) is 14.9. The van der Waals surface area contributed by atoms with Crippen LogP contribution in [0.4, 0.5) is 11.4 Å². The van der Waals surface area contributed by atoms with E-state index in [2.05, 4.69) is 23.5 Å². The average Bonchev–Trinajstić information content (AvgIpc) is 3.11. The number of fused-ring (bicyclic) bond motifs is 3. The standard InChI is InChI=1S/C20H20N2O3/c1-12-10-13(22(23)24)11-17-14-7-5-8-15(14)20(21-19(12)17)16-6-3-4-9-18(16)25-2/h3-7,9-11,14-15,20-21H,8H2,1-2H3/t14-,15-,20-/m1/s1. The summed E-state index contributed by atoms with van der Waals surface area (Å²) in [6.07, 6.45) is 5.32. The van der Waals surface area contributed by atoms with Crippen LogP contribution >= 0.6 is 0 Å². The average molecular weight is 336 g/mol. The smallest absolute Gasteiger partial charge is 0.270 e. The number of rotatable bonds is 3. The Balaban J connectivity index is 1.84. The highest BCUT2D eigenvalue weighted by Crippen LogP contribution is 2.52. The third kappa shape index (κ3) is 2.47. The number of non-ortho nitro benzene ring substituents is 1. The molecule has 5 heteroatoms. The predicted octanol–water partition coefficient (Wildman–Crippen LogP) is 4.74. The molecule has 0 aromatic heterocycles. The fourth-order valence-electron chi connectivity index (χ4n) is 4.20. The number of nitro groups is 1. The Morgan fingerprint density at radius 2 is 2.04 bits per heavy atom. The maximum atomic E-state index is 11.3. The molecule has 5 nitrogen and oxygen atoms in total. The fraction of sp³-hybridized carbons (Fsp3) is 0.300. The SMILES string of the molecule is COc1ccccc1[C@@H]1Nc2c(C)cc([N+](=O)[O-])cc2[C@@H]2C=CC[C@H]21. The molecule has 1 heterocycles. The minimum absolute atomic E-state index is 0.115. The summed E-state index contributed by atoms with van der Waals surface area (Å²) in [4.78, 5) is 10.9. The number of nitrogens with zero attached hydrogens (tertiary/aromatic N) is 1. The highest BCUT2D eigenvalue weighted by Gasteiger charge is 2.40. The number of ether oxygens (including phenoxy) is 1. The van der Waals surface area contributed by atoms with Crippen LogP contribution in [0.5, 0.6) is 5.75 Å². The molecule has 0 fully saturated rings. The van der Waals surface area contributed by atoms with Crippen LogP contribution < -0.4 is 10.1 Å². The van der Waals surface area contributed by atoms with E-state index >= 15 is 0 Å². The maximum Gasteiger partial charge on any atom is 0.270 e. The third-order valence-corrected chi connectivity index (χ3v) is 5.34. The number of hydrogen-bond acceptors (Lipinski definition) is 4. The number of para-hydroxylation sites is 1. The zero-order valence-electron chi connectivity index (χ0n) is 14.2. The summed E-state index contributed by atoms with van der Waals surface area (Å²) in [6.45, 7) is 1.93. The molecular formula is C20H20N2O3. The summed E-state index contributed by atoms with van der Waals surface area (Å²) in [5.41, 5.74) is 4.23. The van der Waals surface area contributed by atoms with Gasteiger partial charge < -0.3 is 10.1 Å². The van der Waals surface area contributed by atoms with E-state index < -0.39 is 0 Å². The van der Waals surface area contributed by atoms with E-state index in [1.54, 1.807) is 19.2 Å². The third-order valence-electron chi connectivity index (χ3n) is 5.34. The van der Waals surface area contributed by atoms with Gasteiger partial charge in [0.25, 0.3) is 5.69 Å². The van der Waals surface area contributed by atoms with Gasteiger partial charge in [0.2, 0.25) is 0 Å². The molecule has 1 N–H and O–H groups in total. The van der Waals surface area contributed by atoms with Gasteiger partial charge in [-0.2, -0.15) is 0 Å². The van der Waals surface area contributed by atoms with E-state index in [4.69, 9.17) is 4.74 Å². The van der Waals surface area contributed by atoms with E-state index in [1.807, 2.05) is 25.1 Å². The van der Waals surface area contributed by atoms with E-state index in [9.17, 15) is 10.1 Å². The zero-order valence-corrected chi connectivity index (χ0v) is 14.2. The van der Waals surface area contributed by atoms with Gasteiger partial charge >= 0.3 is 0 Å². The molecule has 2 aromatic carbocycles. The van der Waals surface area contributed by atoms with E-state index in [0.29, 0.717) is 5.92 Å². The highest BCUT2D eigenvalue weighted by atomic mass is 16.6. The van der Waals surface area contributed by atoms with Crippen molar-refractivity contribution < 1.29 is 9.66 Å². The number of benzene rings is 2. The fourth-order valence-corrected chi connectivity index (χ4v) is 4.20. The van der Waals surface area contributed by atoms with Crippen molar-refractivity contribution in [1.29, 1.82) is 0 Å². The molecule has 3 atom stereocenters. The molecule has 1 aliphatic carbocycles. The lowest BCUT2D eigenvalue weighted by atomic mass is 9.76. The second-order valence-electron chi connectivity index (χ2n) is 6.70. The molecule has 2 aromatic rings. The van der Waals surface area contributed by atoms with Gasteiger partial charge in [0.1, 0.15) is 5.75 Å². The van der Waals surface area contributed by atoms with Crippen molar-refractivity contribution in [3.8, 4) is 5.75 Å². The number of methoxy groups -OCH3 is 1. The summed E-state index contributed by atoms with van der Waals surface area (Å²) in [5.74, 6) is 1.38. The second kappa shape index (κ2) is 5.92. The van der Waals surface area contributed by atoms with Crippen molar-refractivity contribution in [2.24, 2.45) is 5.92 Å². The predicted molar refractivity (Wildman–Crippen MR) is 97.2 cm³/mol. The van der Waals surface area contributed by atoms with Gasteiger partial charge in [-0.1, -0.05) is 30.4 Å². The highest BCUT2D eigenvalue weighted by molar-refractivity contribution is 5.67. The van der Waals surface area contributed by atoms with Gasteiger partial charge in [-0.15, -0.1) is 0 Å². The summed E-state index contributed by atoms with van der Waals surface area (Å²) >= 11 is 0. The van der Waals surface area contributed by atoms with Crippen LogP contribution in [0.1, 0.15) is 35.1 Å². The summed E-state index contributed by atoms with van der Waals surface area (Å²) < 4.78 is 5.57. The Bertz CT molecular complexity index is 875. The van der Waals surface area contributed by atoms with Crippen molar-refractivity contribution >= 4 is 11.4 Å². The summed E-state index contributed by atoms with van der Waals surface area (Å²) in [7, 11) is 1.69. The van der Waals surface area contributed by atoms with Crippen molar-refractivity contribution in [2.45, 2.75) is 25.3 Å². The van der Waals surface area contributed by atoms with Gasteiger partial charge in [0.15, 0.2) is 0 Å². The zero-order chi connectivity index (χ0) is 17.6. The van der Waals surface area contributed by atoms with Gasteiger partial charge in [-0.05, 0) is 36.5 Å². The van der Waals surface area contributed by atoms with Gasteiger partial charge in [0, 0.05) is 29.3 Å². The Labute approximate surface area is 146 Å². The summed E-state index contributed by atoms with van der Waals surface area (Å²) in [6, 6.07) is 11.5. The molecule has 128 valence electrons. The van der Waals surface area contributed by atoms with Crippen LogP contribution in [0.2, 0.25) is 0 Å². The lowest BCUT2D eigenvalue weighted by Crippen LogP contribution is -2.30. The Morgan fingerprint density at radius 3 is 2.80 bits per heavy atom. The number of allylic oxidation sites excluding steroid dienone is 2. The second-order valence-corrected chi connectivity index (χ2v) is 6.70. The quantitative estimate of drug-likeness (QED) is 0.499. The molecule has 0 spiro atoms. The Morgan fingerprint density at radius 1 is 1.24 bits per heavy atom. The number of hydrogen-bond donors (Lipinski definition) is 1. The van der Waals surface area contributed by atoms with Gasteiger partial charge in [0.05, 0.1) is 18.1 Å². The first-order valence-electron chi connectivity index (χ1n) is 8.45. The molecule has 0 saturated carbocycles. The van der Waals surface area contributed by atoms with Crippen LogP contribution in [-0.2, 0) is 0 Å². The molecule has 0 saturated heterocycles. The Kier molecular flexibility index (Phi) is 3.71. The van der Waals surface area contributed by atoms with Crippen molar-refractivity contribution in [3.05, 3.63) is 75.4 Å². The number of nitro benzene ring substituents is 1. The van der Waals surface area contributed by atoms with E-state index in [0.717, 1.165) is 34.5 Å². The first-order valence-corrected chi connectivity index (χ1v) is 8.45. The molecule has 0 unspecified atom stereocenters. The maximum absolute atomic E-state index is 11.3. The first-order chi connectivity index (χ1) is 12.1. The van der Waals surface area contributed by atoms with Crippen molar-refractivity contribution in [1.82, 2.24) is 0 Å². The van der Waals surface area contributed by atoms with Crippen molar-refractivity contribution in [3.63, 3.8) is 0 Å². The minimum atomic E-state index is -0.312. The number of aryl methyl sites for hydroxylation is 1. The topological polar surface area (TPSA) is 64.4 Å². The molecule has 0 bridgehead atoms. The van der Waals surface area contributed by atoms with Gasteiger partial charge in [-0.25, -0.2) is 0 Å². The first kappa shape index (κ1) is 15.7. The van der Waals surface area contributed by atoms with E-state index in [1.165, 1.54) is 0 Å². The molecule has 0 radical (unpaired) electrons. The largest absolute Gasteiger partial charge is 0.496 e. The molecule has 1 aliphatic heterocycles. The van der Waals surface area contributed by atoms with Crippen LogP contribution in [0.15, 0.2) is 48.6 Å². The van der Waals surface area contributed by atoms with Crippen LogP contribution in [0.25, 0.3) is 0 Å². The van der Waals surface area contributed by atoms with Crippen LogP contribution in [0, 0.1) is 23.0 Å². The molecule has 25 heavy (non-hydrogen) atoms. The van der Waals surface area contributed by atoms with E-state index in [-0.39, 0.29) is 22.6 Å². The molecule has 0 amide bonds. The normalized spacial score (nSPS) is 23.5. The van der Waals surface area contributed by atoms with Crippen molar-refractivity contribution in [2.75, 3.05) is 12.4 Å². The monoisotopic (exact) mass is 336 g/mol. The lowest BCUT2D eigenvalue weighted by Gasteiger charge is -2.38. The van der Waals surface area contributed by atoms with Crippen LogP contribution in [0.3, 0.4) is 0 Å².